The molecule has 9 nitrogen and oxygen atoms in total. The summed E-state index contributed by atoms with van der Waals surface area (Å²) in [6.45, 7) is 4.34. The fraction of sp³-hybridized carbons (Fsp3) is 0.769. The summed E-state index contributed by atoms with van der Waals surface area (Å²) in [4.78, 5) is 38.8. The molecule has 0 aromatic rings. The number of rotatable bonds is 10. The minimum atomic E-state index is -0.811. The number of alkyl carbamates (subject to hydrolysis) is 2. The maximum absolute atomic E-state index is 11.7. The third kappa shape index (κ3) is 9.81. The van der Waals surface area contributed by atoms with Gasteiger partial charge in [-0.15, -0.1) is 0 Å². The lowest BCUT2D eigenvalue weighted by Gasteiger charge is -2.16. The van der Waals surface area contributed by atoms with Crippen LogP contribution >= 0.6 is 0 Å². The van der Waals surface area contributed by atoms with Crippen LogP contribution in [0, 0.1) is 0 Å². The highest BCUT2D eigenvalue weighted by molar-refractivity contribution is 5.81. The van der Waals surface area contributed by atoms with E-state index >= 15 is 0 Å². The van der Waals surface area contributed by atoms with Crippen LogP contribution in [-0.2, 0) is 19.1 Å². The van der Waals surface area contributed by atoms with E-state index in [4.69, 9.17) is 9.47 Å². The normalized spacial score (nSPS) is 11.2. The summed E-state index contributed by atoms with van der Waals surface area (Å²) >= 11 is 0. The highest BCUT2D eigenvalue weighted by Crippen LogP contribution is 2.03. The minimum absolute atomic E-state index is 0.211. The molecule has 0 aliphatic heterocycles. The van der Waals surface area contributed by atoms with Crippen LogP contribution in [0.25, 0.3) is 0 Å². The van der Waals surface area contributed by atoms with Crippen LogP contribution in [0.4, 0.5) is 9.59 Å². The largest absolute Gasteiger partial charge is 0.450 e. The van der Waals surface area contributed by atoms with Gasteiger partial charge in [-0.25, -0.2) is 14.4 Å². The molecule has 0 bridgehead atoms. The Morgan fingerprint density at radius 3 is 2.23 bits per heavy atom. The third-order valence-electron chi connectivity index (χ3n) is 2.52. The van der Waals surface area contributed by atoms with Gasteiger partial charge in [-0.05, 0) is 33.1 Å². The first kappa shape index (κ1) is 20.0. The highest BCUT2D eigenvalue weighted by atomic mass is 16.7. The molecule has 22 heavy (non-hydrogen) atoms. The molecule has 0 heterocycles. The first-order chi connectivity index (χ1) is 10.5. The molecule has 128 valence electrons. The predicted octanol–water partition coefficient (Wildman–Crippen LogP) is 0.695. The number of hydrogen-bond donors (Lipinski definition) is 3. The van der Waals surface area contributed by atoms with Crippen LogP contribution < -0.4 is 16.1 Å². The summed E-state index contributed by atoms with van der Waals surface area (Å²) in [6.07, 6.45) is 0.446. The summed E-state index contributed by atoms with van der Waals surface area (Å²) < 4.78 is 9.45. The molecule has 2 amide bonds. The quantitative estimate of drug-likeness (QED) is 0.308. The smallest absolute Gasteiger partial charge is 0.407 e. The lowest BCUT2D eigenvalue weighted by molar-refractivity contribution is -0.152. The van der Waals surface area contributed by atoms with Gasteiger partial charge in [0.1, 0.15) is 6.04 Å². The Bertz CT molecular complexity index is 351. The lowest BCUT2D eigenvalue weighted by atomic mass is 10.1. The second-order valence-corrected chi connectivity index (χ2v) is 4.19. The van der Waals surface area contributed by atoms with Crippen LogP contribution in [0.1, 0.15) is 33.1 Å². The van der Waals surface area contributed by atoms with Crippen molar-refractivity contribution < 1.29 is 28.7 Å². The van der Waals surface area contributed by atoms with Crippen LogP contribution in [0.2, 0.25) is 0 Å². The van der Waals surface area contributed by atoms with E-state index in [1.165, 1.54) is 7.05 Å². The second kappa shape index (κ2) is 12.7. The van der Waals surface area contributed by atoms with E-state index < -0.39 is 24.2 Å². The van der Waals surface area contributed by atoms with Gasteiger partial charge in [0.2, 0.25) is 0 Å². The fourth-order valence-corrected chi connectivity index (χ4v) is 1.58. The maximum Gasteiger partial charge on any atom is 0.407 e. The highest BCUT2D eigenvalue weighted by Gasteiger charge is 2.22. The van der Waals surface area contributed by atoms with E-state index in [1.54, 1.807) is 13.8 Å². The molecule has 3 N–H and O–H groups in total. The molecule has 0 aromatic carbocycles. The Balaban J connectivity index is 4.09. The Hall–Kier alpha value is -2.03. The first-order valence-corrected chi connectivity index (χ1v) is 7.26. The maximum atomic E-state index is 11.7. The van der Waals surface area contributed by atoms with Gasteiger partial charge >= 0.3 is 18.2 Å². The molecule has 0 radical (unpaired) electrons. The van der Waals surface area contributed by atoms with Crippen molar-refractivity contribution in [2.24, 2.45) is 0 Å². The van der Waals surface area contributed by atoms with E-state index in [1.807, 2.05) is 0 Å². The van der Waals surface area contributed by atoms with Crippen molar-refractivity contribution in [3.05, 3.63) is 0 Å². The van der Waals surface area contributed by atoms with Gasteiger partial charge in [0.05, 0.1) is 13.2 Å². The van der Waals surface area contributed by atoms with Gasteiger partial charge in [0.25, 0.3) is 0 Å². The van der Waals surface area contributed by atoms with Gasteiger partial charge in [-0.3, -0.25) is 0 Å². The summed E-state index contributed by atoms with van der Waals surface area (Å²) in [5.74, 6) is -0.603. The van der Waals surface area contributed by atoms with Gasteiger partial charge < -0.3 is 24.9 Å². The van der Waals surface area contributed by atoms with E-state index in [9.17, 15) is 14.4 Å². The molecule has 0 aliphatic carbocycles. The van der Waals surface area contributed by atoms with E-state index in [-0.39, 0.29) is 6.61 Å². The number of carbonyl (C=O) groups excluding carboxylic acids is 3. The topological polar surface area (TPSA) is 115 Å². The molecule has 0 rings (SSSR count). The molecule has 0 fully saturated rings. The van der Waals surface area contributed by atoms with Crippen LogP contribution in [0.3, 0.4) is 0 Å². The first-order valence-electron chi connectivity index (χ1n) is 7.26. The molecular formula is C13H25N3O6. The number of unbranched alkanes of at least 4 members (excludes halogenated alkanes) is 1. The fourth-order valence-electron chi connectivity index (χ4n) is 1.58. The number of carbonyl (C=O) groups is 3. The van der Waals surface area contributed by atoms with Crippen molar-refractivity contribution in [1.29, 1.82) is 0 Å². The number of nitrogens with one attached hydrogen (secondary N) is 3. The van der Waals surface area contributed by atoms with Crippen LogP contribution in [0.15, 0.2) is 0 Å². The number of amides is 2. The van der Waals surface area contributed by atoms with Gasteiger partial charge in [-0.1, -0.05) is 0 Å². The van der Waals surface area contributed by atoms with Crippen molar-refractivity contribution in [3.63, 3.8) is 0 Å². The van der Waals surface area contributed by atoms with Gasteiger partial charge in [0, 0.05) is 13.6 Å². The van der Waals surface area contributed by atoms with Crippen LogP contribution in [-0.4, -0.2) is 51.0 Å². The number of ether oxygens (including phenoxy) is 2. The van der Waals surface area contributed by atoms with E-state index in [2.05, 4.69) is 21.0 Å². The summed E-state index contributed by atoms with van der Waals surface area (Å²) in [6, 6.07) is -0.811. The molecule has 0 aromatic heterocycles. The standard InChI is InChI=1S/C13H25N3O6/c1-4-20-12(18)15-9-7-6-8-10(11(17)22-14-3)16-13(19)21-5-2/h10,14H,4-9H2,1-3H3,(H,15,18)(H,16,19). The third-order valence-corrected chi connectivity index (χ3v) is 2.52. The number of hydroxylamine groups is 1. The zero-order valence-electron chi connectivity index (χ0n) is 13.3. The van der Waals surface area contributed by atoms with E-state index in [0.717, 1.165) is 0 Å². The average Bonchev–Trinajstić information content (AvgIpc) is 2.46. The van der Waals surface area contributed by atoms with Crippen LogP contribution in [0.5, 0.6) is 0 Å². The lowest BCUT2D eigenvalue weighted by Crippen LogP contribution is -2.43. The van der Waals surface area contributed by atoms with Gasteiger partial charge in [0.15, 0.2) is 0 Å². The van der Waals surface area contributed by atoms with Crippen molar-refractivity contribution in [3.8, 4) is 0 Å². The molecular weight excluding hydrogens is 294 g/mol. The Labute approximate surface area is 130 Å². The summed E-state index contributed by atoms with van der Waals surface area (Å²) in [7, 11) is 1.45. The zero-order chi connectivity index (χ0) is 16.8. The van der Waals surface area contributed by atoms with Crippen molar-refractivity contribution >= 4 is 18.2 Å². The second-order valence-electron chi connectivity index (χ2n) is 4.19. The SMILES string of the molecule is CCOC(=O)NCCCCC(NC(=O)OCC)C(=O)ONC. The monoisotopic (exact) mass is 319 g/mol. The molecule has 0 saturated carbocycles. The Morgan fingerprint density at radius 2 is 1.64 bits per heavy atom. The van der Waals surface area contributed by atoms with Crippen molar-refractivity contribution in [1.82, 2.24) is 16.1 Å². The average molecular weight is 319 g/mol. The zero-order valence-corrected chi connectivity index (χ0v) is 13.3. The van der Waals surface area contributed by atoms with Crippen molar-refractivity contribution in [2.75, 3.05) is 26.8 Å². The molecule has 1 atom stereocenters. The summed E-state index contributed by atoms with van der Waals surface area (Å²) in [5, 5.41) is 5.01. The number of hydrogen-bond acceptors (Lipinski definition) is 7. The minimum Gasteiger partial charge on any atom is -0.450 e. The molecule has 0 spiro atoms. The molecule has 0 aliphatic rings. The molecule has 0 saturated heterocycles. The van der Waals surface area contributed by atoms with E-state index in [0.29, 0.717) is 32.4 Å². The summed E-state index contributed by atoms with van der Waals surface area (Å²) in [5.41, 5.74) is 2.27. The predicted molar refractivity (Wildman–Crippen MR) is 78.0 cm³/mol. The Morgan fingerprint density at radius 1 is 1.00 bits per heavy atom. The Kier molecular flexibility index (Phi) is 11.5. The van der Waals surface area contributed by atoms with Crippen molar-refractivity contribution in [2.45, 2.75) is 39.2 Å². The van der Waals surface area contributed by atoms with Gasteiger partial charge in [-0.2, -0.15) is 5.48 Å². The molecule has 1 unspecified atom stereocenters. The molecule has 9 heteroatoms.